The summed E-state index contributed by atoms with van der Waals surface area (Å²) in [6, 6.07) is 11.9. The van der Waals surface area contributed by atoms with E-state index in [4.69, 9.17) is 9.16 Å². The van der Waals surface area contributed by atoms with Gasteiger partial charge >= 0.3 is 17.8 Å². The lowest BCUT2D eigenvalue weighted by Crippen LogP contribution is -2.41. The number of allylic oxidation sites excluding steroid dienone is 1. The molecule has 1 aromatic heterocycles. The normalized spacial score (nSPS) is 15.7. The number of anilines is 2. The molecule has 0 aliphatic carbocycles. The zero-order chi connectivity index (χ0) is 31.7. The fourth-order valence-corrected chi connectivity index (χ4v) is 5.66. The van der Waals surface area contributed by atoms with Gasteiger partial charge in [-0.3, -0.25) is 4.90 Å². The standard InChI is InChI=1S/C30H34F3N5O4Si/c1-19-24(26(39)41-15-8-16-42-43(5,6)29(2,3)4)25(21-13-11-20(18-34)12-14-21)38-27(35-36-28(38)40)37(19)23-10-7-9-22(17-23)30(31,32)33/h7,9-14,17,25H,8,15-16H2,1-6H3,(H,36,40). The smallest absolute Gasteiger partial charge is 0.416 e. The second kappa shape index (κ2) is 11.9. The number of alkyl halides is 3. The van der Waals surface area contributed by atoms with Gasteiger partial charge in [-0.15, -0.1) is 5.10 Å². The minimum atomic E-state index is -4.62. The quantitative estimate of drug-likeness (QED) is 0.177. The van der Waals surface area contributed by atoms with Crippen LogP contribution in [0.15, 0.2) is 64.6 Å². The van der Waals surface area contributed by atoms with Gasteiger partial charge in [-0.25, -0.2) is 19.3 Å². The number of nitriles is 1. The van der Waals surface area contributed by atoms with Crippen molar-refractivity contribution in [2.45, 2.75) is 64.5 Å². The second-order valence-corrected chi connectivity index (χ2v) is 16.6. The van der Waals surface area contributed by atoms with Gasteiger partial charge in [0.25, 0.3) is 0 Å². The zero-order valence-corrected chi connectivity index (χ0v) is 25.9. The second-order valence-electron chi connectivity index (χ2n) is 11.8. The minimum absolute atomic E-state index is 0.00416. The Morgan fingerprint density at radius 1 is 1.12 bits per heavy atom. The molecule has 0 fully saturated rings. The molecule has 2 heterocycles. The lowest BCUT2D eigenvalue weighted by Gasteiger charge is -2.36. The highest BCUT2D eigenvalue weighted by molar-refractivity contribution is 6.74. The van der Waals surface area contributed by atoms with Crippen LogP contribution in [0.3, 0.4) is 0 Å². The van der Waals surface area contributed by atoms with Gasteiger partial charge < -0.3 is 9.16 Å². The van der Waals surface area contributed by atoms with E-state index in [9.17, 15) is 28.0 Å². The number of fused-ring (bicyclic) bond motifs is 1. The van der Waals surface area contributed by atoms with Crippen molar-refractivity contribution in [3.05, 3.63) is 87.0 Å². The third-order valence-corrected chi connectivity index (χ3v) is 12.5. The van der Waals surface area contributed by atoms with Crippen molar-refractivity contribution in [3.63, 3.8) is 0 Å². The summed E-state index contributed by atoms with van der Waals surface area (Å²) in [4.78, 5) is 28.2. The SMILES string of the molecule is CC1=C(C(=O)OCCCO[Si](C)(C)C(C)(C)C)C(c2ccc(C#N)cc2)n2c(n[nH]c2=O)N1c1cccc(C(F)(F)F)c1. The predicted octanol–water partition coefficient (Wildman–Crippen LogP) is 6.43. The molecule has 43 heavy (non-hydrogen) atoms. The number of halogens is 3. The number of hydrogen-bond acceptors (Lipinski definition) is 7. The van der Waals surface area contributed by atoms with E-state index >= 15 is 0 Å². The molecule has 0 spiro atoms. The van der Waals surface area contributed by atoms with Crippen LogP contribution >= 0.6 is 0 Å². The van der Waals surface area contributed by atoms with Crippen molar-refractivity contribution in [1.82, 2.24) is 14.8 Å². The predicted molar refractivity (Wildman–Crippen MR) is 157 cm³/mol. The van der Waals surface area contributed by atoms with Crippen LogP contribution in [0.2, 0.25) is 18.1 Å². The van der Waals surface area contributed by atoms with Gasteiger partial charge in [0, 0.05) is 24.4 Å². The van der Waals surface area contributed by atoms with E-state index in [1.165, 1.54) is 21.6 Å². The Hall–Kier alpha value is -4.15. The van der Waals surface area contributed by atoms with E-state index in [0.29, 0.717) is 24.2 Å². The van der Waals surface area contributed by atoms with Crippen molar-refractivity contribution in [1.29, 1.82) is 5.26 Å². The molecule has 1 atom stereocenters. The van der Waals surface area contributed by atoms with Crippen LogP contribution in [0, 0.1) is 11.3 Å². The number of aromatic nitrogens is 3. The van der Waals surface area contributed by atoms with Crippen LogP contribution < -0.4 is 10.6 Å². The highest BCUT2D eigenvalue weighted by atomic mass is 28.4. The van der Waals surface area contributed by atoms with Crippen molar-refractivity contribution in [2.75, 3.05) is 18.1 Å². The van der Waals surface area contributed by atoms with E-state index in [-0.39, 0.29) is 34.6 Å². The molecule has 0 saturated heterocycles. The molecule has 0 bridgehead atoms. The molecule has 228 valence electrons. The monoisotopic (exact) mass is 613 g/mol. The Balaban J connectivity index is 1.74. The van der Waals surface area contributed by atoms with E-state index < -0.39 is 37.8 Å². The highest BCUT2D eigenvalue weighted by Crippen LogP contribution is 2.43. The molecule has 1 unspecified atom stereocenters. The Morgan fingerprint density at radius 3 is 2.40 bits per heavy atom. The molecular weight excluding hydrogens is 579 g/mol. The van der Waals surface area contributed by atoms with Gasteiger partial charge in [0.1, 0.15) is 6.04 Å². The number of esters is 1. The molecule has 3 aromatic rings. The molecule has 13 heteroatoms. The fourth-order valence-electron chi connectivity index (χ4n) is 4.58. The number of ether oxygens (including phenoxy) is 1. The van der Waals surface area contributed by atoms with Crippen LogP contribution in [0.4, 0.5) is 24.8 Å². The molecule has 1 aliphatic heterocycles. The first-order valence-electron chi connectivity index (χ1n) is 13.7. The van der Waals surface area contributed by atoms with Crippen LogP contribution in [-0.2, 0) is 20.1 Å². The van der Waals surface area contributed by atoms with Crippen molar-refractivity contribution >= 4 is 25.9 Å². The molecule has 0 radical (unpaired) electrons. The summed E-state index contributed by atoms with van der Waals surface area (Å²) in [6.45, 7) is 12.6. The number of nitrogens with one attached hydrogen (secondary N) is 1. The maximum atomic E-state index is 13.8. The number of rotatable bonds is 8. The molecule has 9 nitrogen and oxygen atoms in total. The molecular formula is C30H34F3N5O4Si. The summed E-state index contributed by atoms with van der Waals surface area (Å²) < 4.78 is 53.9. The summed E-state index contributed by atoms with van der Waals surface area (Å²) in [6.07, 6.45) is -4.19. The Bertz CT molecular complexity index is 1630. The number of nitrogens with zero attached hydrogens (tertiary/aromatic N) is 4. The summed E-state index contributed by atoms with van der Waals surface area (Å²) in [5, 5.41) is 15.8. The van der Waals surface area contributed by atoms with Crippen LogP contribution in [-0.4, -0.2) is 42.3 Å². The molecule has 4 rings (SSSR count). The molecule has 1 N–H and O–H groups in total. The number of carbonyl (C=O) groups is 1. The zero-order valence-electron chi connectivity index (χ0n) is 24.9. The first kappa shape index (κ1) is 31.8. The Labute approximate surface area is 248 Å². The van der Waals surface area contributed by atoms with Gasteiger partial charge in [-0.05, 0) is 61.0 Å². The van der Waals surface area contributed by atoms with Crippen molar-refractivity contribution < 1.29 is 27.1 Å². The number of H-pyrrole nitrogens is 1. The van der Waals surface area contributed by atoms with Gasteiger partial charge in [-0.1, -0.05) is 39.0 Å². The Kier molecular flexibility index (Phi) is 8.76. The average molecular weight is 614 g/mol. The average Bonchev–Trinajstić information content (AvgIpc) is 3.31. The third kappa shape index (κ3) is 6.45. The summed E-state index contributed by atoms with van der Waals surface area (Å²) >= 11 is 0. The number of aromatic amines is 1. The maximum absolute atomic E-state index is 13.8. The molecule has 2 aromatic carbocycles. The van der Waals surface area contributed by atoms with E-state index in [2.05, 4.69) is 44.1 Å². The fraction of sp³-hybridized carbons (Fsp3) is 0.400. The van der Waals surface area contributed by atoms with Crippen LogP contribution in [0.1, 0.15) is 56.8 Å². The summed E-state index contributed by atoms with van der Waals surface area (Å²) in [5.74, 6) is -0.745. The minimum Gasteiger partial charge on any atom is -0.462 e. The number of benzene rings is 2. The lowest BCUT2D eigenvalue weighted by molar-refractivity contribution is -0.140. The molecule has 0 saturated carbocycles. The van der Waals surface area contributed by atoms with Crippen molar-refractivity contribution in [3.8, 4) is 6.07 Å². The third-order valence-electron chi connectivity index (χ3n) is 7.94. The summed E-state index contributed by atoms with van der Waals surface area (Å²) in [7, 11) is -2.00. The Morgan fingerprint density at radius 2 is 1.79 bits per heavy atom. The number of carbonyl (C=O) groups excluding carboxylic acids is 1. The number of hydrogen-bond donors (Lipinski definition) is 1. The first-order chi connectivity index (χ1) is 20.1. The molecule has 1 aliphatic rings. The van der Waals surface area contributed by atoms with Gasteiger partial charge in [0.2, 0.25) is 5.95 Å². The lowest BCUT2D eigenvalue weighted by atomic mass is 9.93. The van der Waals surface area contributed by atoms with Gasteiger partial charge in [0.05, 0.1) is 29.4 Å². The van der Waals surface area contributed by atoms with E-state index in [1.807, 2.05) is 6.07 Å². The van der Waals surface area contributed by atoms with E-state index in [0.717, 1.165) is 12.1 Å². The highest BCUT2D eigenvalue weighted by Gasteiger charge is 2.41. The van der Waals surface area contributed by atoms with Crippen LogP contribution in [0.5, 0.6) is 0 Å². The molecule has 0 amide bonds. The maximum Gasteiger partial charge on any atom is 0.416 e. The first-order valence-corrected chi connectivity index (χ1v) is 16.6. The summed E-state index contributed by atoms with van der Waals surface area (Å²) in [5.41, 5.74) is -0.384. The van der Waals surface area contributed by atoms with Gasteiger partial charge in [-0.2, -0.15) is 18.4 Å². The van der Waals surface area contributed by atoms with Gasteiger partial charge in [0.15, 0.2) is 8.32 Å². The van der Waals surface area contributed by atoms with Crippen molar-refractivity contribution in [2.24, 2.45) is 0 Å². The van der Waals surface area contributed by atoms with E-state index in [1.54, 1.807) is 31.2 Å². The van der Waals surface area contributed by atoms with Crippen LogP contribution in [0.25, 0.3) is 0 Å². The topological polar surface area (TPSA) is 113 Å². The largest absolute Gasteiger partial charge is 0.462 e.